The Labute approximate surface area is 117 Å². The molecule has 0 bridgehead atoms. The van der Waals surface area contributed by atoms with Crippen LogP contribution in [-0.4, -0.2) is 39.6 Å². The van der Waals surface area contributed by atoms with Crippen LogP contribution >= 0.6 is 0 Å². The standard InChI is InChI=1S/C14H19N3O3/c1-10(11-4-6-15-7-5-11)16-14(20)17-8-2-3-12(17)9-13(18)19/h4-7,10,12H,2-3,8-9H2,1H3,(H,16,20)(H,18,19). The van der Waals surface area contributed by atoms with Crippen molar-refractivity contribution in [1.29, 1.82) is 0 Å². The first-order chi connectivity index (χ1) is 9.58. The lowest BCUT2D eigenvalue weighted by molar-refractivity contribution is -0.137. The van der Waals surface area contributed by atoms with E-state index >= 15 is 0 Å². The lowest BCUT2D eigenvalue weighted by atomic mass is 10.1. The van der Waals surface area contributed by atoms with Gasteiger partial charge in [-0.05, 0) is 37.5 Å². The molecule has 0 saturated carbocycles. The summed E-state index contributed by atoms with van der Waals surface area (Å²) in [5.74, 6) is -0.864. The molecule has 6 heteroatoms. The number of rotatable bonds is 4. The number of nitrogens with zero attached hydrogens (tertiary/aromatic N) is 2. The molecule has 2 heterocycles. The summed E-state index contributed by atoms with van der Waals surface area (Å²) in [5, 5.41) is 11.8. The van der Waals surface area contributed by atoms with Gasteiger partial charge in [-0.3, -0.25) is 9.78 Å². The second-order valence-electron chi connectivity index (χ2n) is 5.04. The van der Waals surface area contributed by atoms with Gasteiger partial charge >= 0.3 is 12.0 Å². The average Bonchev–Trinajstić information content (AvgIpc) is 2.87. The van der Waals surface area contributed by atoms with E-state index in [0.717, 1.165) is 18.4 Å². The van der Waals surface area contributed by atoms with Gasteiger partial charge in [-0.25, -0.2) is 4.79 Å². The molecule has 2 atom stereocenters. The van der Waals surface area contributed by atoms with Crippen LogP contribution in [0.1, 0.15) is 37.8 Å². The lowest BCUT2D eigenvalue weighted by Gasteiger charge is -2.26. The lowest BCUT2D eigenvalue weighted by Crippen LogP contribution is -2.44. The number of carboxylic acids is 1. The molecule has 0 radical (unpaired) electrons. The molecule has 1 aliphatic heterocycles. The first kappa shape index (κ1) is 14.3. The number of carbonyl (C=O) groups excluding carboxylic acids is 1. The summed E-state index contributed by atoms with van der Waals surface area (Å²) in [6, 6.07) is 3.18. The van der Waals surface area contributed by atoms with Crippen LogP contribution in [-0.2, 0) is 4.79 Å². The number of hydrogen-bond acceptors (Lipinski definition) is 3. The van der Waals surface area contributed by atoms with E-state index in [1.807, 2.05) is 19.1 Å². The van der Waals surface area contributed by atoms with Crippen LogP contribution < -0.4 is 5.32 Å². The summed E-state index contributed by atoms with van der Waals surface area (Å²) < 4.78 is 0. The van der Waals surface area contributed by atoms with Crippen molar-refractivity contribution in [2.45, 2.75) is 38.3 Å². The second-order valence-corrected chi connectivity index (χ2v) is 5.04. The molecule has 6 nitrogen and oxygen atoms in total. The van der Waals surface area contributed by atoms with Crippen molar-refractivity contribution in [1.82, 2.24) is 15.2 Å². The van der Waals surface area contributed by atoms with Gasteiger partial charge < -0.3 is 15.3 Å². The summed E-state index contributed by atoms with van der Waals surface area (Å²) in [5.41, 5.74) is 0.974. The Morgan fingerprint density at radius 2 is 2.20 bits per heavy atom. The maximum absolute atomic E-state index is 12.2. The first-order valence-corrected chi connectivity index (χ1v) is 6.77. The van der Waals surface area contributed by atoms with Crippen LogP contribution in [0.25, 0.3) is 0 Å². The SMILES string of the molecule is CC(NC(=O)N1CCCC1CC(=O)O)c1ccncc1. The number of hydrogen-bond donors (Lipinski definition) is 2. The van der Waals surface area contributed by atoms with E-state index < -0.39 is 5.97 Å². The molecular weight excluding hydrogens is 258 g/mol. The molecule has 2 amide bonds. The number of nitrogens with one attached hydrogen (secondary N) is 1. The first-order valence-electron chi connectivity index (χ1n) is 6.77. The summed E-state index contributed by atoms with van der Waals surface area (Å²) in [6.45, 7) is 2.52. The predicted molar refractivity (Wildman–Crippen MR) is 73.2 cm³/mol. The van der Waals surface area contributed by atoms with Gasteiger partial charge in [0.05, 0.1) is 12.5 Å². The summed E-state index contributed by atoms with van der Waals surface area (Å²) >= 11 is 0. The van der Waals surface area contributed by atoms with Crippen LogP contribution in [0.3, 0.4) is 0 Å². The molecular formula is C14H19N3O3. The van der Waals surface area contributed by atoms with Gasteiger partial charge in [0.25, 0.3) is 0 Å². The number of carbonyl (C=O) groups is 2. The number of carboxylic acid groups (broad SMARTS) is 1. The highest BCUT2D eigenvalue weighted by Gasteiger charge is 2.30. The molecule has 1 aliphatic rings. The van der Waals surface area contributed by atoms with Crippen LogP contribution in [0.15, 0.2) is 24.5 Å². The van der Waals surface area contributed by atoms with Gasteiger partial charge in [0.2, 0.25) is 0 Å². The van der Waals surface area contributed by atoms with Gasteiger partial charge in [-0.1, -0.05) is 0 Å². The summed E-state index contributed by atoms with van der Waals surface area (Å²) in [6.07, 6.45) is 4.98. The fourth-order valence-corrected chi connectivity index (χ4v) is 2.52. The second kappa shape index (κ2) is 6.36. The van der Waals surface area contributed by atoms with Crippen molar-refractivity contribution in [3.63, 3.8) is 0 Å². The zero-order chi connectivity index (χ0) is 14.5. The normalized spacial score (nSPS) is 19.6. The number of likely N-dealkylation sites (tertiary alicyclic amines) is 1. The maximum atomic E-state index is 12.2. The highest BCUT2D eigenvalue weighted by atomic mass is 16.4. The Morgan fingerprint density at radius 1 is 1.50 bits per heavy atom. The van der Waals surface area contributed by atoms with Gasteiger partial charge in [0, 0.05) is 25.0 Å². The minimum Gasteiger partial charge on any atom is -0.481 e. The largest absolute Gasteiger partial charge is 0.481 e. The van der Waals surface area contributed by atoms with Crippen molar-refractivity contribution in [2.24, 2.45) is 0 Å². The van der Waals surface area contributed by atoms with Crippen LogP contribution in [0.5, 0.6) is 0 Å². The van der Waals surface area contributed by atoms with E-state index in [-0.39, 0.29) is 24.5 Å². The fourth-order valence-electron chi connectivity index (χ4n) is 2.52. The Hall–Kier alpha value is -2.11. The van der Waals surface area contributed by atoms with Gasteiger partial charge in [-0.15, -0.1) is 0 Å². The van der Waals surface area contributed by atoms with Gasteiger partial charge in [-0.2, -0.15) is 0 Å². The molecule has 0 aromatic carbocycles. The molecule has 2 unspecified atom stereocenters. The Kier molecular flexibility index (Phi) is 4.55. The minimum absolute atomic E-state index is 0.0110. The maximum Gasteiger partial charge on any atom is 0.318 e. The van der Waals surface area contributed by atoms with Gasteiger partial charge in [0.1, 0.15) is 0 Å². The van der Waals surface area contributed by atoms with Crippen molar-refractivity contribution < 1.29 is 14.7 Å². The minimum atomic E-state index is -0.864. The highest BCUT2D eigenvalue weighted by Crippen LogP contribution is 2.21. The van der Waals surface area contributed by atoms with E-state index in [4.69, 9.17) is 5.11 Å². The van der Waals surface area contributed by atoms with Crippen molar-refractivity contribution in [3.8, 4) is 0 Å². The molecule has 2 N–H and O–H groups in total. The van der Waals surface area contributed by atoms with Crippen LogP contribution in [0, 0.1) is 0 Å². The van der Waals surface area contributed by atoms with E-state index in [0.29, 0.717) is 6.54 Å². The van der Waals surface area contributed by atoms with Crippen molar-refractivity contribution in [3.05, 3.63) is 30.1 Å². The molecule has 1 aromatic heterocycles. The molecule has 1 aromatic rings. The molecule has 108 valence electrons. The Morgan fingerprint density at radius 3 is 2.85 bits per heavy atom. The Balaban J connectivity index is 1.95. The molecule has 1 saturated heterocycles. The highest BCUT2D eigenvalue weighted by molar-refractivity contribution is 5.76. The summed E-state index contributed by atoms with van der Waals surface area (Å²) in [7, 11) is 0. The predicted octanol–water partition coefficient (Wildman–Crippen LogP) is 1.79. The number of amides is 2. The molecule has 2 rings (SSSR count). The number of urea groups is 1. The zero-order valence-corrected chi connectivity index (χ0v) is 11.5. The van der Waals surface area contributed by atoms with Crippen LogP contribution in [0.2, 0.25) is 0 Å². The smallest absolute Gasteiger partial charge is 0.318 e. The van der Waals surface area contributed by atoms with E-state index in [2.05, 4.69) is 10.3 Å². The average molecular weight is 277 g/mol. The monoisotopic (exact) mass is 277 g/mol. The van der Waals surface area contributed by atoms with Gasteiger partial charge in [0.15, 0.2) is 0 Å². The summed E-state index contributed by atoms with van der Waals surface area (Å²) in [4.78, 5) is 28.6. The topological polar surface area (TPSA) is 82.5 Å². The zero-order valence-electron chi connectivity index (χ0n) is 11.5. The quantitative estimate of drug-likeness (QED) is 0.879. The third kappa shape index (κ3) is 3.46. The van der Waals surface area contributed by atoms with Crippen LogP contribution in [0.4, 0.5) is 4.79 Å². The van der Waals surface area contributed by atoms with E-state index in [9.17, 15) is 9.59 Å². The fraction of sp³-hybridized carbons (Fsp3) is 0.500. The van der Waals surface area contributed by atoms with E-state index in [1.54, 1.807) is 17.3 Å². The van der Waals surface area contributed by atoms with Crippen molar-refractivity contribution >= 4 is 12.0 Å². The van der Waals surface area contributed by atoms with Crippen molar-refractivity contribution in [2.75, 3.05) is 6.54 Å². The third-order valence-corrected chi connectivity index (χ3v) is 3.59. The molecule has 20 heavy (non-hydrogen) atoms. The number of aliphatic carboxylic acids is 1. The Bertz CT molecular complexity index is 478. The molecule has 1 fully saturated rings. The van der Waals surface area contributed by atoms with E-state index in [1.165, 1.54) is 0 Å². The molecule has 0 aliphatic carbocycles. The number of pyridine rings is 1. The molecule has 0 spiro atoms. The number of aromatic nitrogens is 1. The third-order valence-electron chi connectivity index (χ3n) is 3.59.